The predicted molar refractivity (Wildman–Crippen MR) is 129 cm³/mol. The first-order valence-corrected chi connectivity index (χ1v) is 12.2. The lowest BCUT2D eigenvalue weighted by Gasteiger charge is -2.41. The second kappa shape index (κ2) is 7.89. The molecule has 2 saturated heterocycles. The second-order valence-electron chi connectivity index (χ2n) is 9.66. The SMILES string of the molecule is CCN1CCC(Oc2ccc3c(c2)C2(CCOCC2)c2[nH]c4cc(N)ccc4c2C3=O)CC1. The van der Waals surface area contributed by atoms with Crippen LogP contribution in [0.5, 0.6) is 5.75 Å². The number of hydrogen-bond donors (Lipinski definition) is 2. The van der Waals surface area contributed by atoms with Crippen molar-refractivity contribution in [3.8, 4) is 5.75 Å². The zero-order valence-electron chi connectivity index (χ0n) is 19.2. The van der Waals surface area contributed by atoms with Gasteiger partial charge in [-0.1, -0.05) is 13.0 Å². The fourth-order valence-corrected chi connectivity index (χ4v) is 6.04. The van der Waals surface area contributed by atoms with E-state index in [-0.39, 0.29) is 17.3 Å². The number of piperidine rings is 1. The van der Waals surface area contributed by atoms with Crippen LogP contribution in [0.1, 0.15) is 59.8 Å². The number of ether oxygens (including phenoxy) is 2. The Bertz CT molecular complexity index is 1220. The minimum atomic E-state index is -0.282. The van der Waals surface area contributed by atoms with Gasteiger partial charge in [-0.2, -0.15) is 0 Å². The molecule has 172 valence electrons. The Balaban J connectivity index is 1.43. The number of anilines is 1. The van der Waals surface area contributed by atoms with Crippen molar-refractivity contribution in [3.63, 3.8) is 0 Å². The van der Waals surface area contributed by atoms with E-state index in [4.69, 9.17) is 15.2 Å². The number of benzene rings is 2. The fraction of sp³-hybridized carbons (Fsp3) is 0.444. The molecule has 6 heteroatoms. The van der Waals surface area contributed by atoms with Crippen molar-refractivity contribution in [1.82, 2.24) is 9.88 Å². The number of nitrogens with zero attached hydrogens (tertiary/aromatic N) is 1. The van der Waals surface area contributed by atoms with Crippen LogP contribution in [0.3, 0.4) is 0 Å². The fourth-order valence-electron chi connectivity index (χ4n) is 6.04. The van der Waals surface area contributed by atoms with E-state index >= 15 is 0 Å². The van der Waals surface area contributed by atoms with E-state index in [1.54, 1.807) is 0 Å². The molecule has 6 nitrogen and oxygen atoms in total. The highest BCUT2D eigenvalue weighted by molar-refractivity contribution is 6.20. The van der Waals surface area contributed by atoms with E-state index in [1.165, 1.54) is 0 Å². The summed E-state index contributed by atoms with van der Waals surface area (Å²) < 4.78 is 12.2. The number of aromatic amines is 1. The highest BCUT2D eigenvalue weighted by atomic mass is 16.5. The number of nitrogens with one attached hydrogen (secondary N) is 1. The minimum absolute atomic E-state index is 0.0796. The van der Waals surface area contributed by atoms with E-state index in [2.05, 4.69) is 22.9 Å². The molecule has 2 aliphatic heterocycles. The molecule has 3 heterocycles. The van der Waals surface area contributed by atoms with Crippen LogP contribution in [0.2, 0.25) is 0 Å². The lowest BCUT2D eigenvalue weighted by atomic mass is 9.64. The number of ketones is 1. The van der Waals surface area contributed by atoms with Gasteiger partial charge < -0.3 is 25.1 Å². The molecule has 6 rings (SSSR count). The van der Waals surface area contributed by atoms with Gasteiger partial charge in [0.15, 0.2) is 5.78 Å². The largest absolute Gasteiger partial charge is 0.490 e. The van der Waals surface area contributed by atoms with Crippen LogP contribution in [0, 0.1) is 0 Å². The molecule has 0 unspecified atom stereocenters. The maximum atomic E-state index is 13.7. The van der Waals surface area contributed by atoms with Gasteiger partial charge in [-0.3, -0.25) is 4.79 Å². The van der Waals surface area contributed by atoms with Gasteiger partial charge in [0.05, 0.1) is 5.56 Å². The summed E-state index contributed by atoms with van der Waals surface area (Å²) in [5.74, 6) is 0.946. The Morgan fingerprint density at radius 1 is 1.15 bits per heavy atom. The Labute approximate surface area is 194 Å². The quantitative estimate of drug-likeness (QED) is 0.589. The normalized spacial score (nSPS) is 20.7. The Morgan fingerprint density at radius 3 is 2.70 bits per heavy atom. The summed E-state index contributed by atoms with van der Waals surface area (Å²) in [5.41, 5.74) is 11.0. The number of carbonyl (C=O) groups excluding carboxylic acids is 1. The molecule has 0 saturated carbocycles. The van der Waals surface area contributed by atoms with Crippen LogP contribution < -0.4 is 10.5 Å². The average molecular weight is 446 g/mol. The van der Waals surface area contributed by atoms with E-state index in [0.29, 0.717) is 18.9 Å². The summed E-state index contributed by atoms with van der Waals surface area (Å²) >= 11 is 0. The molecule has 0 amide bonds. The van der Waals surface area contributed by atoms with Gasteiger partial charge in [-0.15, -0.1) is 0 Å². The number of nitrogens with two attached hydrogens (primary N) is 1. The summed E-state index contributed by atoms with van der Waals surface area (Å²) in [7, 11) is 0. The third-order valence-corrected chi connectivity index (χ3v) is 7.91. The molecule has 3 aliphatic rings. The molecule has 2 aromatic carbocycles. The van der Waals surface area contributed by atoms with Gasteiger partial charge in [0, 0.05) is 59.6 Å². The number of likely N-dealkylation sites (tertiary alicyclic amines) is 1. The van der Waals surface area contributed by atoms with E-state index in [9.17, 15) is 4.79 Å². The Kier molecular flexibility index (Phi) is 4.96. The van der Waals surface area contributed by atoms with Gasteiger partial charge in [0.25, 0.3) is 0 Å². The highest BCUT2D eigenvalue weighted by Crippen LogP contribution is 2.50. The molecular formula is C27H31N3O3. The molecule has 2 fully saturated rings. The molecule has 3 aromatic rings. The molecule has 0 radical (unpaired) electrons. The molecular weight excluding hydrogens is 414 g/mol. The Morgan fingerprint density at radius 2 is 1.94 bits per heavy atom. The van der Waals surface area contributed by atoms with Crippen molar-refractivity contribution in [1.29, 1.82) is 0 Å². The molecule has 33 heavy (non-hydrogen) atoms. The Hall–Kier alpha value is -2.83. The lowest BCUT2D eigenvalue weighted by Crippen LogP contribution is -2.41. The maximum Gasteiger partial charge on any atom is 0.195 e. The van der Waals surface area contributed by atoms with Gasteiger partial charge in [-0.05, 0) is 68.1 Å². The standard InChI is InChI=1S/C27H31N3O3/c1-2-30-11-7-18(8-12-30)33-19-4-6-20-22(16-19)27(9-13-32-14-10-27)26-24(25(20)31)21-5-3-17(28)15-23(21)29-26/h3-6,15-16,18,29H,2,7-14,28H2,1H3. The first kappa shape index (κ1) is 20.8. The van der Waals surface area contributed by atoms with E-state index in [1.807, 2.05) is 30.3 Å². The number of nitrogen functional groups attached to an aromatic ring is 1. The first-order chi connectivity index (χ1) is 16.1. The van der Waals surface area contributed by atoms with Crippen molar-refractivity contribution in [2.24, 2.45) is 0 Å². The zero-order valence-corrected chi connectivity index (χ0v) is 19.2. The third kappa shape index (κ3) is 3.27. The predicted octanol–water partition coefficient (Wildman–Crippen LogP) is 4.25. The van der Waals surface area contributed by atoms with Crippen molar-refractivity contribution < 1.29 is 14.3 Å². The third-order valence-electron chi connectivity index (χ3n) is 7.91. The maximum absolute atomic E-state index is 13.7. The van der Waals surface area contributed by atoms with Crippen LogP contribution in [-0.4, -0.2) is 54.6 Å². The summed E-state index contributed by atoms with van der Waals surface area (Å²) in [6, 6.07) is 11.9. The van der Waals surface area contributed by atoms with Crippen LogP contribution in [0.4, 0.5) is 5.69 Å². The molecule has 0 atom stereocenters. The summed E-state index contributed by atoms with van der Waals surface area (Å²) in [6.45, 7) is 6.80. The van der Waals surface area contributed by atoms with E-state index < -0.39 is 0 Å². The number of carbonyl (C=O) groups is 1. The van der Waals surface area contributed by atoms with E-state index in [0.717, 1.165) is 84.4 Å². The van der Waals surface area contributed by atoms with Crippen molar-refractivity contribution in [3.05, 3.63) is 58.8 Å². The minimum Gasteiger partial charge on any atom is -0.490 e. The van der Waals surface area contributed by atoms with Gasteiger partial charge in [0.2, 0.25) is 0 Å². The number of fused-ring (bicyclic) bond motifs is 6. The van der Waals surface area contributed by atoms with Gasteiger partial charge >= 0.3 is 0 Å². The van der Waals surface area contributed by atoms with Crippen LogP contribution in [0.25, 0.3) is 10.9 Å². The smallest absolute Gasteiger partial charge is 0.195 e. The summed E-state index contributed by atoms with van der Waals surface area (Å²) in [4.78, 5) is 19.8. The molecule has 3 N–H and O–H groups in total. The van der Waals surface area contributed by atoms with Gasteiger partial charge in [0.1, 0.15) is 11.9 Å². The summed E-state index contributed by atoms with van der Waals surface area (Å²) in [5, 5.41) is 0.948. The summed E-state index contributed by atoms with van der Waals surface area (Å²) in [6.07, 6.45) is 3.97. The molecule has 1 spiro atoms. The molecule has 1 aromatic heterocycles. The van der Waals surface area contributed by atoms with Crippen LogP contribution >= 0.6 is 0 Å². The molecule has 1 aliphatic carbocycles. The van der Waals surface area contributed by atoms with Crippen LogP contribution in [0.15, 0.2) is 36.4 Å². The number of hydrogen-bond acceptors (Lipinski definition) is 5. The van der Waals surface area contributed by atoms with Crippen molar-refractivity contribution >= 4 is 22.4 Å². The second-order valence-corrected chi connectivity index (χ2v) is 9.66. The van der Waals surface area contributed by atoms with Crippen molar-refractivity contribution in [2.75, 3.05) is 38.6 Å². The zero-order chi connectivity index (χ0) is 22.6. The lowest BCUT2D eigenvalue weighted by molar-refractivity contribution is 0.0598. The average Bonchev–Trinajstić information content (AvgIpc) is 3.23. The first-order valence-electron chi connectivity index (χ1n) is 12.2. The number of H-pyrrole nitrogens is 1. The topological polar surface area (TPSA) is 80.6 Å². The van der Waals surface area contributed by atoms with Crippen molar-refractivity contribution in [2.45, 2.75) is 44.1 Å². The number of aromatic nitrogens is 1. The molecule has 0 bridgehead atoms. The highest BCUT2D eigenvalue weighted by Gasteiger charge is 2.47. The number of rotatable bonds is 3. The van der Waals surface area contributed by atoms with Crippen LogP contribution in [-0.2, 0) is 10.2 Å². The van der Waals surface area contributed by atoms with Gasteiger partial charge in [-0.25, -0.2) is 0 Å². The monoisotopic (exact) mass is 445 g/mol.